The molecule has 1 heterocycles. The first-order valence-corrected chi connectivity index (χ1v) is 5.77. The fourth-order valence-corrected chi connectivity index (χ4v) is 1.68. The minimum absolute atomic E-state index is 0.0394. The molecular weight excluding hydrogens is 238 g/mol. The third-order valence-electron chi connectivity index (χ3n) is 2.71. The normalized spacial score (nSPS) is 17.9. The second kappa shape index (κ2) is 5.24. The minimum Gasteiger partial charge on any atom is -0.480 e. The molecular formula is C11H19N3O4. The van der Waals surface area contributed by atoms with E-state index in [0.717, 1.165) is 0 Å². The van der Waals surface area contributed by atoms with Crippen LogP contribution in [0.5, 0.6) is 0 Å². The predicted octanol–water partition coefficient (Wildman–Crippen LogP) is -0.373. The van der Waals surface area contributed by atoms with Crippen LogP contribution in [0.4, 0.5) is 4.79 Å². The van der Waals surface area contributed by atoms with E-state index < -0.39 is 23.5 Å². The van der Waals surface area contributed by atoms with Gasteiger partial charge in [-0.15, -0.1) is 0 Å². The van der Waals surface area contributed by atoms with Crippen molar-refractivity contribution < 1.29 is 19.5 Å². The Morgan fingerprint density at radius 1 is 1.44 bits per heavy atom. The quantitative estimate of drug-likeness (QED) is 0.628. The summed E-state index contributed by atoms with van der Waals surface area (Å²) in [5, 5.41) is 14.1. The number of carbonyl (C=O) groups is 3. The zero-order chi connectivity index (χ0) is 13.9. The van der Waals surface area contributed by atoms with Gasteiger partial charge in [0.05, 0.1) is 0 Å². The van der Waals surface area contributed by atoms with Crippen molar-refractivity contribution in [3.63, 3.8) is 0 Å². The number of nitrogens with zero attached hydrogens (tertiary/aromatic N) is 1. The average molecular weight is 257 g/mol. The van der Waals surface area contributed by atoms with E-state index in [2.05, 4.69) is 10.6 Å². The van der Waals surface area contributed by atoms with Gasteiger partial charge in [-0.05, 0) is 5.41 Å². The summed E-state index contributed by atoms with van der Waals surface area (Å²) in [6.45, 7) is 5.93. The van der Waals surface area contributed by atoms with Crippen molar-refractivity contribution >= 4 is 17.9 Å². The second-order valence-corrected chi connectivity index (χ2v) is 5.36. The standard InChI is InChI=1S/C11H19N3O4/c1-11(2,3)8(9(16)17)13-10(18)14-5-4-12-7(15)6-14/h8H,4-6H2,1-3H3,(H,12,15)(H,13,18)(H,16,17). The summed E-state index contributed by atoms with van der Waals surface area (Å²) in [5.74, 6) is -1.32. The molecule has 0 radical (unpaired) electrons. The number of hydrogen-bond acceptors (Lipinski definition) is 3. The molecule has 0 saturated carbocycles. The molecule has 0 bridgehead atoms. The summed E-state index contributed by atoms with van der Waals surface area (Å²) in [6, 6.07) is -1.51. The maximum atomic E-state index is 11.9. The highest BCUT2D eigenvalue weighted by atomic mass is 16.4. The molecule has 1 saturated heterocycles. The molecule has 1 rings (SSSR count). The Balaban J connectivity index is 2.67. The topological polar surface area (TPSA) is 98.7 Å². The van der Waals surface area contributed by atoms with Gasteiger partial charge in [0.2, 0.25) is 5.91 Å². The zero-order valence-electron chi connectivity index (χ0n) is 10.8. The number of piperazine rings is 1. The number of urea groups is 1. The van der Waals surface area contributed by atoms with Gasteiger partial charge in [0.15, 0.2) is 0 Å². The first-order valence-electron chi connectivity index (χ1n) is 5.77. The van der Waals surface area contributed by atoms with Crippen LogP contribution in [-0.4, -0.2) is 53.6 Å². The number of amides is 3. The molecule has 7 heteroatoms. The summed E-state index contributed by atoms with van der Waals surface area (Å²) in [5.41, 5.74) is -0.598. The fourth-order valence-electron chi connectivity index (χ4n) is 1.68. The average Bonchev–Trinajstić information content (AvgIpc) is 2.23. The first-order chi connectivity index (χ1) is 8.21. The van der Waals surface area contributed by atoms with E-state index in [1.807, 2.05) is 0 Å². The van der Waals surface area contributed by atoms with E-state index in [1.54, 1.807) is 20.8 Å². The van der Waals surface area contributed by atoms with Gasteiger partial charge in [-0.25, -0.2) is 9.59 Å². The molecule has 0 aromatic rings. The molecule has 0 aromatic carbocycles. The number of hydrogen-bond donors (Lipinski definition) is 3. The summed E-state index contributed by atoms with van der Waals surface area (Å²) in [7, 11) is 0. The third-order valence-corrected chi connectivity index (χ3v) is 2.71. The lowest BCUT2D eigenvalue weighted by Gasteiger charge is -2.32. The SMILES string of the molecule is CC(C)(C)C(NC(=O)N1CCNC(=O)C1)C(=O)O. The van der Waals surface area contributed by atoms with Crippen LogP contribution in [0.1, 0.15) is 20.8 Å². The maximum Gasteiger partial charge on any atom is 0.326 e. The monoisotopic (exact) mass is 257 g/mol. The first kappa shape index (κ1) is 14.3. The van der Waals surface area contributed by atoms with Gasteiger partial charge in [-0.1, -0.05) is 20.8 Å². The fraction of sp³-hybridized carbons (Fsp3) is 0.727. The van der Waals surface area contributed by atoms with Crippen molar-refractivity contribution in [2.45, 2.75) is 26.8 Å². The van der Waals surface area contributed by atoms with Crippen LogP contribution in [0.2, 0.25) is 0 Å². The highest BCUT2D eigenvalue weighted by Gasteiger charge is 2.34. The van der Waals surface area contributed by atoms with Crippen molar-refractivity contribution in [3.05, 3.63) is 0 Å². The number of aliphatic carboxylic acids is 1. The van der Waals surface area contributed by atoms with Crippen molar-refractivity contribution in [1.82, 2.24) is 15.5 Å². The molecule has 3 N–H and O–H groups in total. The Morgan fingerprint density at radius 3 is 2.50 bits per heavy atom. The summed E-state index contributed by atoms with van der Waals surface area (Å²) in [4.78, 5) is 35.4. The number of rotatable bonds is 2. The summed E-state index contributed by atoms with van der Waals surface area (Å²) < 4.78 is 0. The van der Waals surface area contributed by atoms with Gasteiger partial charge in [-0.3, -0.25) is 4.79 Å². The van der Waals surface area contributed by atoms with E-state index in [0.29, 0.717) is 13.1 Å². The molecule has 0 aliphatic carbocycles. The predicted molar refractivity (Wildman–Crippen MR) is 64.0 cm³/mol. The molecule has 0 spiro atoms. The van der Waals surface area contributed by atoms with Crippen molar-refractivity contribution in [2.24, 2.45) is 5.41 Å². The smallest absolute Gasteiger partial charge is 0.326 e. The molecule has 1 fully saturated rings. The van der Waals surface area contributed by atoms with Crippen LogP contribution < -0.4 is 10.6 Å². The van der Waals surface area contributed by atoms with Crippen molar-refractivity contribution in [2.75, 3.05) is 19.6 Å². The molecule has 1 unspecified atom stereocenters. The van der Waals surface area contributed by atoms with Crippen molar-refractivity contribution in [1.29, 1.82) is 0 Å². The maximum absolute atomic E-state index is 11.9. The van der Waals surface area contributed by atoms with E-state index in [9.17, 15) is 14.4 Å². The largest absolute Gasteiger partial charge is 0.480 e. The molecule has 102 valence electrons. The third kappa shape index (κ3) is 3.61. The lowest BCUT2D eigenvalue weighted by Crippen LogP contribution is -2.57. The molecule has 3 amide bonds. The number of nitrogens with one attached hydrogen (secondary N) is 2. The van der Waals surface area contributed by atoms with Gasteiger partial charge in [0.1, 0.15) is 12.6 Å². The Bertz CT molecular complexity index is 362. The number of carboxylic acid groups (broad SMARTS) is 1. The van der Waals surface area contributed by atoms with Gasteiger partial charge < -0.3 is 20.6 Å². The van der Waals surface area contributed by atoms with Crippen LogP contribution >= 0.6 is 0 Å². The molecule has 1 aliphatic heterocycles. The van der Waals surface area contributed by atoms with Crippen LogP contribution in [0.3, 0.4) is 0 Å². The van der Waals surface area contributed by atoms with Crippen LogP contribution in [0, 0.1) is 5.41 Å². The lowest BCUT2D eigenvalue weighted by molar-refractivity contribution is -0.142. The highest BCUT2D eigenvalue weighted by molar-refractivity contribution is 5.87. The Morgan fingerprint density at radius 2 is 2.06 bits per heavy atom. The van der Waals surface area contributed by atoms with Gasteiger partial charge in [0.25, 0.3) is 0 Å². The van der Waals surface area contributed by atoms with Gasteiger partial charge in [-0.2, -0.15) is 0 Å². The van der Waals surface area contributed by atoms with Gasteiger partial charge >= 0.3 is 12.0 Å². The minimum atomic E-state index is -1.09. The zero-order valence-corrected chi connectivity index (χ0v) is 10.8. The second-order valence-electron chi connectivity index (χ2n) is 5.36. The number of carbonyl (C=O) groups excluding carboxylic acids is 2. The van der Waals surface area contributed by atoms with E-state index in [-0.39, 0.29) is 12.5 Å². The van der Waals surface area contributed by atoms with E-state index in [1.165, 1.54) is 4.90 Å². The van der Waals surface area contributed by atoms with E-state index in [4.69, 9.17) is 5.11 Å². The molecule has 1 atom stereocenters. The van der Waals surface area contributed by atoms with Gasteiger partial charge in [0, 0.05) is 13.1 Å². The van der Waals surface area contributed by atoms with E-state index >= 15 is 0 Å². The van der Waals surface area contributed by atoms with Crippen molar-refractivity contribution in [3.8, 4) is 0 Å². The molecule has 1 aliphatic rings. The Labute approximate surface area is 106 Å². The molecule has 0 aromatic heterocycles. The Hall–Kier alpha value is -1.79. The summed E-state index contributed by atoms with van der Waals surface area (Å²) >= 11 is 0. The molecule has 18 heavy (non-hydrogen) atoms. The molecule has 7 nitrogen and oxygen atoms in total. The Kier molecular flexibility index (Phi) is 4.15. The summed E-state index contributed by atoms with van der Waals surface area (Å²) in [6.07, 6.45) is 0. The van der Waals surface area contributed by atoms with Crippen LogP contribution in [0.15, 0.2) is 0 Å². The highest BCUT2D eigenvalue weighted by Crippen LogP contribution is 2.19. The lowest BCUT2D eigenvalue weighted by atomic mass is 9.87. The van der Waals surface area contributed by atoms with Crippen LogP contribution in [-0.2, 0) is 9.59 Å². The van der Waals surface area contributed by atoms with Crippen LogP contribution in [0.25, 0.3) is 0 Å². The number of carboxylic acids is 1.